The molecule has 3 heteroatoms. The van der Waals surface area contributed by atoms with Crippen LogP contribution >= 0.6 is 0 Å². The summed E-state index contributed by atoms with van der Waals surface area (Å²) in [5.74, 6) is 0.873. The molecule has 0 aliphatic carbocycles. The highest BCUT2D eigenvalue weighted by molar-refractivity contribution is 4.70. The van der Waals surface area contributed by atoms with Crippen LogP contribution in [0.4, 0.5) is 0 Å². The second-order valence-corrected chi connectivity index (χ2v) is 5.81. The third-order valence-electron chi connectivity index (χ3n) is 3.96. The maximum absolute atomic E-state index is 2.58. The Morgan fingerprint density at radius 1 is 1.33 bits per heavy atom. The topological polar surface area (TPSA) is 25.5 Å². The molecule has 0 saturated carbocycles. The number of nitrogens with two attached hydrogens (primary N) is 1. The summed E-state index contributed by atoms with van der Waals surface area (Å²) in [5, 5.41) is 2.58. The van der Waals surface area contributed by atoms with Gasteiger partial charge in [-0.15, -0.1) is 0 Å². The maximum Gasteiger partial charge on any atom is 0.126 e. The van der Waals surface area contributed by atoms with Gasteiger partial charge in [0, 0.05) is 0 Å². The summed E-state index contributed by atoms with van der Waals surface area (Å²) < 4.78 is 0. The molecule has 1 aliphatic rings. The smallest absolute Gasteiger partial charge is 0.126 e. The summed E-state index contributed by atoms with van der Waals surface area (Å²) in [6, 6.07) is 1.71. The van der Waals surface area contributed by atoms with Crippen LogP contribution in [0, 0.1) is 5.92 Å². The quantitative estimate of drug-likeness (QED) is 0.447. The third kappa shape index (κ3) is 4.09. The molecule has 0 amide bonds. The Morgan fingerprint density at radius 3 is 2.60 bits per heavy atom. The Kier molecular flexibility index (Phi) is 5.03. The Labute approximate surface area is 94.8 Å². The van der Waals surface area contributed by atoms with Gasteiger partial charge in [0.1, 0.15) is 13.1 Å². The van der Waals surface area contributed by atoms with Crippen molar-refractivity contribution in [2.24, 2.45) is 5.92 Å². The molecular weight excluding hydrogens is 186 g/mol. The highest BCUT2D eigenvalue weighted by Gasteiger charge is 2.34. The fourth-order valence-corrected chi connectivity index (χ4v) is 2.62. The van der Waals surface area contributed by atoms with Crippen LogP contribution in [0.5, 0.6) is 0 Å². The minimum Gasteiger partial charge on any atom is -0.339 e. The first-order chi connectivity index (χ1) is 7.00. The number of likely N-dealkylation sites (N-methyl/N-ethyl adjacent to an activating group) is 1. The number of piperidine rings is 1. The Bertz CT molecular complexity index is 182. The molecule has 0 aromatic rings. The predicted octanol–water partition coefficient (Wildman–Crippen LogP) is -2.99. The average Bonchev–Trinajstić information content (AvgIpc) is 2.13. The van der Waals surface area contributed by atoms with Crippen molar-refractivity contribution in [2.75, 3.05) is 40.8 Å². The molecule has 4 N–H and O–H groups in total. The van der Waals surface area contributed by atoms with E-state index < -0.39 is 0 Å². The Hall–Kier alpha value is -0.120. The third-order valence-corrected chi connectivity index (χ3v) is 3.96. The number of likely N-dealkylation sites (tertiary alicyclic amines) is 1. The molecule has 3 nitrogen and oxygen atoms in total. The van der Waals surface area contributed by atoms with Gasteiger partial charge in [-0.25, -0.2) is 0 Å². The van der Waals surface area contributed by atoms with Crippen molar-refractivity contribution in [3.05, 3.63) is 0 Å². The van der Waals surface area contributed by atoms with E-state index in [1.54, 1.807) is 9.80 Å². The zero-order chi connectivity index (χ0) is 11.4. The molecule has 0 aromatic heterocycles. The average molecular weight is 216 g/mol. The summed E-state index contributed by atoms with van der Waals surface area (Å²) >= 11 is 0. The van der Waals surface area contributed by atoms with E-state index in [2.05, 4.69) is 40.3 Å². The molecule has 1 unspecified atom stereocenters. The van der Waals surface area contributed by atoms with E-state index in [-0.39, 0.29) is 0 Å². The fourth-order valence-electron chi connectivity index (χ4n) is 2.62. The van der Waals surface area contributed by atoms with E-state index >= 15 is 0 Å². The number of hydrogen-bond donors (Lipinski definition) is 3. The van der Waals surface area contributed by atoms with Gasteiger partial charge in [0.05, 0.1) is 52.1 Å². The first kappa shape index (κ1) is 12.9. The van der Waals surface area contributed by atoms with E-state index in [0.29, 0.717) is 0 Å². The summed E-state index contributed by atoms with van der Waals surface area (Å²) in [6.45, 7) is 8.71. The molecule has 0 radical (unpaired) electrons. The van der Waals surface area contributed by atoms with Crippen LogP contribution in [0.2, 0.25) is 0 Å². The van der Waals surface area contributed by atoms with Gasteiger partial charge >= 0.3 is 0 Å². The summed E-state index contributed by atoms with van der Waals surface area (Å²) in [7, 11) is 6.80. The van der Waals surface area contributed by atoms with Gasteiger partial charge in [-0.05, 0) is 6.92 Å². The molecular formula is C12H30N3+3. The molecule has 0 spiro atoms. The largest absolute Gasteiger partial charge is 0.339 e. The van der Waals surface area contributed by atoms with Gasteiger partial charge in [0.15, 0.2) is 0 Å². The molecule has 1 aliphatic heterocycles. The molecule has 1 heterocycles. The first-order valence-corrected chi connectivity index (χ1v) is 6.45. The molecule has 15 heavy (non-hydrogen) atoms. The van der Waals surface area contributed by atoms with E-state index in [9.17, 15) is 0 Å². The van der Waals surface area contributed by atoms with Crippen molar-refractivity contribution >= 4 is 0 Å². The molecule has 1 rings (SSSR count). The lowest BCUT2D eigenvalue weighted by Gasteiger charge is -2.35. The van der Waals surface area contributed by atoms with Crippen molar-refractivity contribution in [1.82, 2.24) is 0 Å². The fraction of sp³-hybridized carbons (Fsp3) is 1.00. The molecule has 1 saturated heterocycles. The summed E-state index contributed by atoms with van der Waals surface area (Å²) in [4.78, 5) is 3.27. The maximum atomic E-state index is 2.58. The SMILES string of the molecule is C[C@@H]1C[NH+](C)[C@H](C)C[C@H]1[NH2+]CC[NH+](C)C. The van der Waals surface area contributed by atoms with E-state index in [1.165, 1.54) is 26.1 Å². The van der Waals surface area contributed by atoms with Crippen LogP contribution in [-0.4, -0.2) is 52.9 Å². The lowest BCUT2D eigenvalue weighted by Crippen LogP contribution is -3.17. The van der Waals surface area contributed by atoms with Crippen molar-refractivity contribution in [3.63, 3.8) is 0 Å². The van der Waals surface area contributed by atoms with E-state index in [4.69, 9.17) is 0 Å². The van der Waals surface area contributed by atoms with Crippen LogP contribution in [0.3, 0.4) is 0 Å². The van der Waals surface area contributed by atoms with Crippen LogP contribution in [-0.2, 0) is 0 Å². The van der Waals surface area contributed by atoms with Gasteiger partial charge in [-0.1, -0.05) is 6.92 Å². The Morgan fingerprint density at radius 2 is 2.00 bits per heavy atom. The zero-order valence-electron chi connectivity index (χ0n) is 11.1. The lowest BCUT2D eigenvalue weighted by molar-refractivity contribution is -0.925. The van der Waals surface area contributed by atoms with Crippen LogP contribution < -0.4 is 15.1 Å². The van der Waals surface area contributed by atoms with E-state index in [1.807, 2.05) is 0 Å². The summed E-state index contributed by atoms with van der Waals surface area (Å²) in [5.41, 5.74) is 0. The second kappa shape index (κ2) is 5.83. The van der Waals surface area contributed by atoms with Crippen LogP contribution in [0.1, 0.15) is 20.3 Å². The molecule has 4 atom stereocenters. The lowest BCUT2D eigenvalue weighted by atomic mass is 9.90. The number of quaternary nitrogens is 3. The van der Waals surface area contributed by atoms with Gasteiger partial charge in [0.25, 0.3) is 0 Å². The normalized spacial score (nSPS) is 37.2. The first-order valence-electron chi connectivity index (χ1n) is 6.45. The van der Waals surface area contributed by atoms with Crippen LogP contribution in [0.15, 0.2) is 0 Å². The number of nitrogens with one attached hydrogen (secondary N) is 2. The number of hydrogen-bond acceptors (Lipinski definition) is 0. The molecule has 1 fully saturated rings. The second-order valence-electron chi connectivity index (χ2n) is 5.81. The van der Waals surface area contributed by atoms with Crippen LogP contribution in [0.25, 0.3) is 0 Å². The minimum atomic E-state index is 0.842. The van der Waals surface area contributed by atoms with Crippen molar-refractivity contribution < 1.29 is 15.1 Å². The standard InChI is InChI=1S/C12H27N3/c1-10-9-15(5)11(2)8-12(10)13-6-7-14(3)4/h10-13H,6-9H2,1-5H3/p+3/t10-,11-,12-/m1/s1. The number of rotatable bonds is 4. The highest BCUT2D eigenvalue weighted by Crippen LogP contribution is 2.07. The monoisotopic (exact) mass is 216 g/mol. The van der Waals surface area contributed by atoms with Gasteiger partial charge < -0.3 is 15.1 Å². The van der Waals surface area contributed by atoms with Gasteiger partial charge in [-0.3, -0.25) is 0 Å². The van der Waals surface area contributed by atoms with Gasteiger partial charge in [-0.2, -0.15) is 0 Å². The van der Waals surface area contributed by atoms with Crippen molar-refractivity contribution in [2.45, 2.75) is 32.4 Å². The van der Waals surface area contributed by atoms with Crippen molar-refractivity contribution in [3.8, 4) is 0 Å². The molecule has 90 valence electrons. The van der Waals surface area contributed by atoms with Gasteiger partial charge in [0.2, 0.25) is 0 Å². The zero-order valence-corrected chi connectivity index (χ0v) is 11.1. The van der Waals surface area contributed by atoms with E-state index in [0.717, 1.165) is 18.0 Å². The summed E-state index contributed by atoms with van der Waals surface area (Å²) in [6.07, 6.45) is 1.38. The van der Waals surface area contributed by atoms with Crippen molar-refractivity contribution in [1.29, 1.82) is 0 Å². The highest BCUT2D eigenvalue weighted by atomic mass is 15.2. The molecule has 0 bridgehead atoms. The Balaban J connectivity index is 2.28. The predicted molar refractivity (Wildman–Crippen MR) is 63.3 cm³/mol. The molecule has 0 aromatic carbocycles. The minimum absolute atomic E-state index is 0.842.